The summed E-state index contributed by atoms with van der Waals surface area (Å²) in [5.41, 5.74) is 7.15. The molecule has 0 spiro atoms. The van der Waals surface area contributed by atoms with Crippen LogP contribution in [0.2, 0.25) is 0 Å². The number of nitrogens with two attached hydrogens (primary N) is 1. The van der Waals surface area contributed by atoms with Gasteiger partial charge in [-0.05, 0) is 25.5 Å². The van der Waals surface area contributed by atoms with E-state index in [1.807, 2.05) is 13.0 Å². The van der Waals surface area contributed by atoms with Crippen LogP contribution in [0.4, 0.5) is 5.69 Å². The van der Waals surface area contributed by atoms with Gasteiger partial charge in [0.1, 0.15) is 5.69 Å². The minimum Gasteiger partial charge on any atom is -0.380 e. The van der Waals surface area contributed by atoms with Gasteiger partial charge in [-0.2, -0.15) is 0 Å². The summed E-state index contributed by atoms with van der Waals surface area (Å²) in [6.45, 7) is 3.32. The van der Waals surface area contributed by atoms with Crippen LogP contribution in [0.15, 0.2) is 12.1 Å². The van der Waals surface area contributed by atoms with E-state index >= 15 is 0 Å². The van der Waals surface area contributed by atoms with Crippen molar-refractivity contribution in [1.82, 2.24) is 4.98 Å². The molecule has 2 heterocycles. The van der Waals surface area contributed by atoms with E-state index in [1.165, 1.54) is 0 Å². The minimum absolute atomic E-state index is 0.293. The lowest BCUT2D eigenvalue weighted by atomic mass is 10.2. The summed E-state index contributed by atoms with van der Waals surface area (Å²) in [5, 5.41) is 3.30. The van der Waals surface area contributed by atoms with Gasteiger partial charge in [-0.15, -0.1) is 0 Å². The molecule has 86 valence electrons. The summed E-state index contributed by atoms with van der Waals surface area (Å²) < 4.78 is 5.27. The minimum atomic E-state index is -0.505. The molecule has 1 aromatic heterocycles. The monoisotopic (exact) mass is 221 g/mol. The second-order valence-electron chi connectivity index (χ2n) is 3.95. The van der Waals surface area contributed by atoms with Crippen LogP contribution in [0.1, 0.15) is 22.6 Å². The van der Waals surface area contributed by atoms with Crippen molar-refractivity contribution in [2.75, 3.05) is 18.5 Å². The van der Waals surface area contributed by atoms with Gasteiger partial charge in [0, 0.05) is 18.0 Å². The van der Waals surface area contributed by atoms with E-state index in [-0.39, 0.29) is 0 Å². The first-order chi connectivity index (χ1) is 7.65. The Morgan fingerprint density at radius 1 is 1.62 bits per heavy atom. The largest absolute Gasteiger partial charge is 0.380 e. The zero-order valence-electron chi connectivity index (χ0n) is 9.19. The third kappa shape index (κ3) is 2.49. The first-order valence-corrected chi connectivity index (χ1v) is 5.28. The van der Waals surface area contributed by atoms with Crippen LogP contribution in [-0.2, 0) is 4.74 Å². The van der Waals surface area contributed by atoms with Crippen LogP contribution < -0.4 is 11.1 Å². The SMILES string of the molecule is Cc1cc(NC2CCOC2)cc(C(N)=O)n1. The molecule has 16 heavy (non-hydrogen) atoms. The summed E-state index contributed by atoms with van der Waals surface area (Å²) in [4.78, 5) is 15.1. The highest BCUT2D eigenvalue weighted by Crippen LogP contribution is 2.15. The topological polar surface area (TPSA) is 77.2 Å². The Hall–Kier alpha value is -1.62. The summed E-state index contributed by atoms with van der Waals surface area (Å²) in [5.74, 6) is -0.505. The molecule has 1 saturated heterocycles. The van der Waals surface area contributed by atoms with Crippen LogP contribution in [0.25, 0.3) is 0 Å². The summed E-state index contributed by atoms with van der Waals surface area (Å²) in [7, 11) is 0. The number of carbonyl (C=O) groups is 1. The van der Waals surface area contributed by atoms with Gasteiger partial charge in [-0.1, -0.05) is 0 Å². The van der Waals surface area contributed by atoms with Crippen molar-refractivity contribution in [2.24, 2.45) is 5.73 Å². The molecule has 5 nitrogen and oxygen atoms in total. The van der Waals surface area contributed by atoms with Crippen molar-refractivity contribution in [3.8, 4) is 0 Å². The van der Waals surface area contributed by atoms with Gasteiger partial charge in [-0.3, -0.25) is 4.79 Å². The number of carbonyl (C=O) groups excluding carboxylic acids is 1. The molecule has 3 N–H and O–H groups in total. The zero-order chi connectivity index (χ0) is 11.5. The van der Waals surface area contributed by atoms with Crippen molar-refractivity contribution >= 4 is 11.6 Å². The summed E-state index contributed by atoms with van der Waals surface area (Å²) in [6.07, 6.45) is 0.979. The Morgan fingerprint density at radius 3 is 3.06 bits per heavy atom. The number of amides is 1. The maximum atomic E-state index is 11.0. The van der Waals surface area contributed by atoms with E-state index in [1.54, 1.807) is 6.07 Å². The highest BCUT2D eigenvalue weighted by atomic mass is 16.5. The van der Waals surface area contributed by atoms with Crippen LogP contribution in [0.5, 0.6) is 0 Å². The van der Waals surface area contributed by atoms with E-state index in [9.17, 15) is 4.79 Å². The Morgan fingerprint density at radius 2 is 2.44 bits per heavy atom. The fourth-order valence-corrected chi connectivity index (χ4v) is 1.76. The number of nitrogens with one attached hydrogen (secondary N) is 1. The summed E-state index contributed by atoms with van der Waals surface area (Å²) in [6, 6.07) is 3.88. The van der Waals surface area contributed by atoms with Gasteiger partial charge in [0.25, 0.3) is 5.91 Å². The average Bonchev–Trinajstić information content (AvgIpc) is 2.69. The number of rotatable bonds is 3. The van der Waals surface area contributed by atoms with Crippen LogP contribution in [0, 0.1) is 6.92 Å². The fraction of sp³-hybridized carbons (Fsp3) is 0.455. The molecular formula is C11H15N3O2. The highest BCUT2D eigenvalue weighted by molar-refractivity contribution is 5.91. The van der Waals surface area contributed by atoms with Gasteiger partial charge in [-0.25, -0.2) is 4.98 Å². The molecule has 0 radical (unpaired) electrons. The number of pyridine rings is 1. The molecule has 1 aliphatic heterocycles. The predicted molar refractivity (Wildman–Crippen MR) is 60.3 cm³/mol. The van der Waals surface area contributed by atoms with Crippen molar-refractivity contribution in [3.05, 3.63) is 23.5 Å². The second-order valence-corrected chi connectivity index (χ2v) is 3.95. The Balaban J connectivity index is 2.16. The normalized spacial score (nSPS) is 19.7. The molecule has 1 fully saturated rings. The van der Waals surface area contributed by atoms with E-state index < -0.39 is 5.91 Å². The maximum Gasteiger partial charge on any atom is 0.267 e. The van der Waals surface area contributed by atoms with Crippen LogP contribution in [-0.4, -0.2) is 30.1 Å². The molecule has 0 aliphatic carbocycles. The number of hydrogen-bond acceptors (Lipinski definition) is 4. The van der Waals surface area contributed by atoms with Gasteiger partial charge in [0.15, 0.2) is 0 Å². The lowest BCUT2D eigenvalue weighted by molar-refractivity contribution is 0.0995. The van der Waals surface area contributed by atoms with Crippen LogP contribution >= 0.6 is 0 Å². The Kier molecular flexibility index (Phi) is 3.05. The van der Waals surface area contributed by atoms with Crippen molar-refractivity contribution < 1.29 is 9.53 Å². The van der Waals surface area contributed by atoms with Crippen molar-refractivity contribution in [1.29, 1.82) is 0 Å². The second kappa shape index (κ2) is 4.49. The van der Waals surface area contributed by atoms with Crippen molar-refractivity contribution in [2.45, 2.75) is 19.4 Å². The molecule has 1 amide bonds. The lowest BCUT2D eigenvalue weighted by Gasteiger charge is -2.13. The average molecular weight is 221 g/mol. The number of aryl methyl sites for hydroxylation is 1. The zero-order valence-corrected chi connectivity index (χ0v) is 9.19. The molecule has 1 aromatic rings. The number of aromatic nitrogens is 1. The Labute approximate surface area is 94.0 Å². The fourth-order valence-electron chi connectivity index (χ4n) is 1.76. The van der Waals surface area contributed by atoms with E-state index in [0.717, 1.165) is 24.4 Å². The lowest BCUT2D eigenvalue weighted by Crippen LogP contribution is -2.20. The Bertz CT molecular complexity index is 400. The highest BCUT2D eigenvalue weighted by Gasteiger charge is 2.16. The van der Waals surface area contributed by atoms with Gasteiger partial charge < -0.3 is 15.8 Å². The van der Waals surface area contributed by atoms with E-state index in [4.69, 9.17) is 10.5 Å². The molecule has 0 saturated carbocycles. The maximum absolute atomic E-state index is 11.0. The summed E-state index contributed by atoms with van der Waals surface area (Å²) >= 11 is 0. The molecule has 2 rings (SSSR count). The molecule has 0 bridgehead atoms. The molecule has 1 atom stereocenters. The molecule has 0 aromatic carbocycles. The standard InChI is InChI=1S/C11H15N3O2/c1-7-4-9(5-10(13-7)11(12)15)14-8-2-3-16-6-8/h4-5,8H,2-3,6H2,1H3,(H2,12,15)(H,13,14). The quantitative estimate of drug-likeness (QED) is 0.787. The third-order valence-corrected chi connectivity index (χ3v) is 2.51. The number of hydrogen-bond donors (Lipinski definition) is 2. The smallest absolute Gasteiger partial charge is 0.267 e. The van der Waals surface area contributed by atoms with Crippen molar-refractivity contribution in [3.63, 3.8) is 0 Å². The number of primary amides is 1. The molecular weight excluding hydrogens is 206 g/mol. The van der Waals surface area contributed by atoms with Gasteiger partial charge >= 0.3 is 0 Å². The van der Waals surface area contributed by atoms with E-state index in [0.29, 0.717) is 18.3 Å². The number of nitrogens with zero attached hydrogens (tertiary/aromatic N) is 1. The van der Waals surface area contributed by atoms with E-state index in [2.05, 4.69) is 10.3 Å². The molecule has 1 unspecified atom stereocenters. The molecule has 1 aliphatic rings. The predicted octanol–water partition coefficient (Wildman–Crippen LogP) is 0.690. The van der Waals surface area contributed by atoms with Gasteiger partial charge in [0.2, 0.25) is 0 Å². The number of anilines is 1. The first kappa shape index (κ1) is 10.9. The molecule has 5 heteroatoms. The third-order valence-electron chi connectivity index (χ3n) is 2.51. The van der Waals surface area contributed by atoms with Gasteiger partial charge in [0.05, 0.1) is 12.6 Å². The first-order valence-electron chi connectivity index (χ1n) is 5.28. The van der Waals surface area contributed by atoms with Crippen LogP contribution in [0.3, 0.4) is 0 Å². The number of ether oxygens (including phenoxy) is 1.